The number of hydrogen-bond donors (Lipinski definition) is 0. The number of hydrogen-bond acceptors (Lipinski definition) is 2. The number of pyridine rings is 1. The summed E-state index contributed by atoms with van der Waals surface area (Å²) >= 11 is 0. The first-order valence-electron chi connectivity index (χ1n) is 4.90. The zero-order valence-corrected chi connectivity index (χ0v) is 8.66. The minimum absolute atomic E-state index is 0.0143. The Morgan fingerprint density at radius 2 is 1.88 bits per heavy atom. The fraction of sp³-hybridized carbons (Fsp3) is 0.167. The molecule has 17 heavy (non-hydrogen) atoms. The number of carbonyl (C=O) groups excluding carboxylic acids is 1. The molecule has 0 aliphatic rings. The Bertz CT molecular complexity index is 558. The van der Waals surface area contributed by atoms with E-state index in [1.54, 1.807) is 24.3 Å². The van der Waals surface area contributed by atoms with Crippen molar-refractivity contribution < 1.29 is 18.0 Å². The van der Waals surface area contributed by atoms with E-state index in [-0.39, 0.29) is 5.56 Å². The fourth-order valence-corrected chi connectivity index (χ4v) is 1.62. The maximum absolute atomic E-state index is 12.2. The molecule has 1 aromatic heterocycles. The second-order valence-electron chi connectivity index (χ2n) is 3.62. The van der Waals surface area contributed by atoms with Crippen LogP contribution in [-0.4, -0.2) is 16.9 Å². The Hall–Kier alpha value is -1.91. The summed E-state index contributed by atoms with van der Waals surface area (Å²) in [6.45, 7) is 0. The lowest BCUT2D eigenvalue weighted by Gasteiger charge is -2.07. The third kappa shape index (κ3) is 2.61. The largest absolute Gasteiger partial charge is 0.396 e. The Morgan fingerprint density at radius 3 is 2.59 bits per heavy atom. The van der Waals surface area contributed by atoms with Crippen LogP contribution in [0.3, 0.4) is 0 Å². The SMILES string of the molecule is O=C(CC(F)(F)F)c1cncc2ccccc12. The maximum atomic E-state index is 12.2. The Balaban J connectivity index is 2.45. The van der Waals surface area contributed by atoms with Crippen LogP contribution in [0.25, 0.3) is 10.8 Å². The summed E-state index contributed by atoms with van der Waals surface area (Å²) < 4.78 is 36.5. The molecule has 0 saturated heterocycles. The molecule has 0 amide bonds. The number of aromatic nitrogens is 1. The van der Waals surface area contributed by atoms with E-state index in [0.717, 1.165) is 0 Å². The van der Waals surface area contributed by atoms with E-state index in [4.69, 9.17) is 0 Å². The van der Waals surface area contributed by atoms with Crippen molar-refractivity contribution >= 4 is 16.6 Å². The molecule has 0 fully saturated rings. The molecule has 2 rings (SSSR count). The number of halogens is 3. The molecule has 0 aliphatic heterocycles. The summed E-state index contributed by atoms with van der Waals surface area (Å²) in [4.78, 5) is 15.3. The van der Waals surface area contributed by atoms with Gasteiger partial charge in [-0.2, -0.15) is 13.2 Å². The number of nitrogens with zero attached hydrogens (tertiary/aromatic N) is 1. The summed E-state index contributed by atoms with van der Waals surface area (Å²) in [6, 6.07) is 6.72. The van der Waals surface area contributed by atoms with Crippen molar-refractivity contribution in [2.24, 2.45) is 0 Å². The van der Waals surface area contributed by atoms with Crippen LogP contribution in [0.4, 0.5) is 13.2 Å². The molecule has 0 unspecified atom stereocenters. The number of Topliss-reactive ketones (excluding diaryl/α,β-unsaturated/α-hetero) is 1. The summed E-state index contributed by atoms with van der Waals surface area (Å²) in [5, 5.41) is 1.15. The highest BCUT2D eigenvalue weighted by Crippen LogP contribution is 2.25. The van der Waals surface area contributed by atoms with E-state index in [9.17, 15) is 18.0 Å². The van der Waals surface area contributed by atoms with Crippen molar-refractivity contribution in [3.63, 3.8) is 0 Å². The van der Waals surface area contributed by atoms with Gasteiger partial charge in [-0.15, -0.1) is 0 Å². The molecule has 0 atom stereocenters. The quantitative estimate of drug-likeness (QED) is 0.752. The number of fused-ring (bicyclic) bond motifs is 1. The normalized spacial score (nSPS) is 11.7. The third-order valence-corrected chi connectivity index (χ3v) is 2.33. The van der Waals surface area contributed by atoms with E-state index in [0.29, 0.717) is 10.8 Å². The van der Waals surface area contributed by atoms with Crippen LogP contribution in [0, 0.1) is 0 Å². The molecule has 0 spiro atoms. The van der Waals surface area contributed by atoms with Crippen molar-refractivity contribution in [1.29, 1.82) is 0 Å². The standard InChI is InChI=1S/C12H8F3NO/c13-12(14,15)5-11(17)10-7-16-6-8-3-1-2-4-9(8)10/h1-4,6-7H,5H2. The van der Waals surface area contributed by atoms with Crippen LogP contribution in [0.15, 0.2) is 36.7 Å². The van der Waals surface area contributed by atoms with Gasteiger partial charge in [-0.25, -0.2) is 0 Å². The first kappa shape index (κ1) is 11.6. The number of benzene rings is 1. The van der Waals surface area contributed by atoms with Gasteiger partial charge in [-0.3, -0.25) is 9.78 Å². The van der Waals surface area contributed by atoms with Crippen LogP contribution < -0.4 is 0 Å². The van der Waals surface area contributed by atoms with Crippen molar-refractivity contribution in [2.75, 3.05) is 0 Å². The number of rotatable bonds is 2. The highest BCUT2D eigenvalue weighted by Gasteiger charge is 2.32. The molecule has 2 nitrogen and oxygen atoms in total. The van der Waals surface area contributed by atoms with Crippen LogP contribution >= 0.6 is 0 Å². The summed E-state index contributed by atoms with van der Waals surface area (Å²) in [6.07, 6.45) is -3.26. The van der Waals surface area contributed by atoms with Crippen molar-refractivity contribution in [1.82, 2.24) is 4.98 Å². The fourth-order valence-electron chi connectivity index (χ4n) is 1.62. The third-order valence-electron chi connectivity index (χ3n) is 2.33. The molecule has 2 aromatic rings. The topological polar surface area (TPSA) is 30.0 Å². The van der Waals surface area contributed by atoms with E-state index >= 15 is 0 Å². The van der Waals surface area contributed by atoms with Gasteiger partial charge in [-0.05, 0) is 5.39 Å². The molecule has 1 aromatic carbocycles. The van der Waals surface area contributed by atoms with Crippen LogP contribution in [0.2, 0.25) is 0 Å². The molecule has 5 heteroatoms. The summed E-state index contributed by atoms with van der Waals surface area (Å²) in [5.74, 6) is -0.957. The van der Waals surface area contributed by atoms with Gasteiger partial charge in [0, 0.05) is 23.3 Å². The van der Waals surface area contributed by atoms with E-state index in [1.807, 2.05) is 0 Å². The highest BCUT2D eigenvalue weighted by atomic mass is 19.4. The van der Waals surface area contributed by atoms with Gasteiger partial charge in [0.25, 0.3) is 0 Å². The molecule has 0 saturated carbocycles. The average molecular weight is 239 g/mol. The van der Waals surface area contributed by atoms with Crippen LogP contribution in [0.5, 0.6) is 0 Å². The monoisotopic (exact) mass is 239 g/mol. The first-order valence-corrected chi connectivity index (χ1v) is 4.90. The molecule has 0 bridgehead atoms. The van der Waals surface area contributed by atoms with E-state index in [1.165, 1.54) is 12.4 Å². The lowest BCUT2D eigenvalue weighted by atomic mass is 10.0. The smallest absolute Gasteiger partial charge is 0.294 e. The minimum atomic E-state index is -4.49. The zero-order valence-electron chi connectivity index (χ0n) is 8.66. The second kappa shape index (κ2) is 4.16. The molecule has 0 radical (unpaired) electrons. The van der Waals surface area contributed by atoms with Gasteiger partial charge >= 0.3 is 6.18 Å². The van der Waals surface area contributed by atoms with Crippen molar-refractivity contribution in [3.05, 3.63) is 42.2 Å². The van der Waals surface area contributed by atoms with E-state index < -0.39 is 18.4 Å². The molecule has 88 valence electrons. The Labute approximate surface area is 95.1 Å². The minimum Gasteiger partial charge on any atom is -0.294 e. The molecule has 1 heterocycles. The highest BCUT2D eigenvalue weighted by molar-refractivity contribution is 6.07. The van der Waals surface area contributed by atoms with Gasteiger partial charge in [-0.1, -0.05) is 24.3 Å². The van der Waals surface area contributed by atoms with Gasteiger partial charge in [0.2, 0.25) is 0 Å². The molecule has 0 aliphatic carbocycles. The van der Waals surface area contributed by atoms with Crippen molar-refractivity contribution in [2.45, 2.75) is 12.6 Å². The lowest BCUT2D eigenvalue weighted by molar-refractivity contribution is -0.125. The predicted octanol–water partition coefficient (Wildman–Crippen LogP) is 3.37. The van der Waals surface area contributed by atoms with Gasteiger partial charge in [0.15, 0.2) is 5.78 Å². The second-order valence-corrected chi connectivity index (χ2v) is 3.62. The predicted molar refractivity (Wildman–Crippen MR) is 56.7 cm³/mol. The van der Waals surface area contributed by atoms with Crippen LogP contribution in [0.1, 0.15) is 16.8 Å². The van der Waals surface area contributed by atoms with Gasteiger partial charge in [0.1, 0.15) is 6.42 Å². The van der Waals surface area contributed by atoms with E-state index in [2.05, 4.69) is 4.98 Å². The molecule has 0 N–H and O–H groups in total. The van der Waals surface area contributed by atoms with Gasteiger partial charge in [0.05, 0.1) is 0 Å². The number of alkyl halides is 3. The number of carbonyl (C=O) groups is 1. The Kier molecular flexibility index (Phi) is 2.83. The lowest BCUT2D eigenvalue weighted by Crippen LogP contribution is -2.15. The maximum Gasteiger partial charge on any atom is 0.396 e. The number of ketones is 1. The van der Waals surface area contributed by atoms with Crippen molar-refractivity contribution in [3.8, 4) is 0 Å². The first-order chi connectivity index (χ1) is 7.97. The zero-order chi connectivity index (χ0) is 12.5. The summed E-state index contributed by atoms with van der Waals surface area (Å²) in [5.41, 5.74) is 0.0143. The average Bonchev–Trinajstić information content (AvgIpc) is 2.26. The van der Waals surface area contributed by atoms with Crippen LogP contribution in [-0.2, 0) is 0 Å². The molecular formula is C12H8F3NO. The molecular weight excluding hydrogens is 231 g/mol. The van der Waals surface area contributed by atoms with Gasteiger partial charge < -0.3 is 0 Å². The Morgan fingerprint density at radius 1 is 1.18 bits per heavy atom. The summed E-state index contributed by atoms with van der Waals surface area (Å²) in [7, 11) is 0.